The molecule has 0 fully saturated rings. The van der Waals surface area contributed by atoms with Gasteiger partial charge in [-0.2, -0.15) is 13.2 Å². The highest BCUT2D eigenvalue weighted by atomic mass is 35.5. The third-order valence-corrected chi connectivity index (χ3v) is 3.02. The Morgan fingerprint density at radius 1 is 1.33 bits per heavy atom. The molecule has 0 atom stereocenters. The van der Waals surface area contributed by atoms with Gasteiger partial charge in [0.15, 0.2) is 0 Å². The number of halogens is 4. The predicted molar refractivity (Wildman–Crippen MR) is 71.2 cm³/mol. The molecular formula is C13H9ClF3N3O. The number of aromatic nitrogens is 2. The Morgan fingerprint density at radius 3 is 2.67 bits per heavy atom. The molecule has 1 aromatic carbocycles. The van der Waals surface area contributed by atoms with Gasteiger partial charge in [0.05, 0.1) is 21.8 Å². The maximum absolute atomic E-state index is 12.7. The fourth-order valence-electron chi connectivity index (χ4n) is 1.63. The van der Waals surface area contributed by atoms with Crippen molar-refractivity contribution in [3.05, 3.63) is 52.6 Å². The Kier molecular flexibility index (Phi) is 4.13. The summed E-state index contributed by atoms with van der Waals surface area (Å²) in [5, 5.41) is 1.93. The van der Waals surface area contributed by atoms with E-state index in [0.29, 0.717) is 5.69 Å². The van der Waals surface area contributed by atoms with Crippen LogP contribution in [0.15, 0.2) is 30.7 Å². The van der Waals surface area contributed by atoms with E-state index in [9.17, 15) is 18.0 Å². The van der Waals surface area contributed by atoms with Crippen LogP contribution < -0.4 is 5.32 Å². The van der Waals surface area contributed by atoms with Gasteiger partial charge in [0.1, 0.15) is 6.33 Å². The van der Waals surface area contributed by atoms with Crippen molar-refractivity contribution in [1.29, 1.82) is 0 Å². The smallest absolute Gasteiger partial charge is 0.322 e. The number of benzene rings is 1. The van der Waals surface area contributed by atoms with Crippen molar-refractivity contribution >= 4 is 23.2 Å². The van der Waals surface area contributed by atoms with Crippen LogP contribution in [-0.2, 0) is 6.18 Å². The molecule has 1 N–H and O–H groups in total. The number of nitrogens with zero attached hydrogens (tertiary/aromatic N) is 2. The molecular weight excluding hydrogens is 307 g/mol. The van der Waals surface area contributed by atoms with E-state index in [1.165, 1.54) is 18.6 Å². The van der Waals surface area contributed by atoms with Gasteiger partial charge in [0, 0.05) is 11.9 Å². The predicted octanol–water partition coefficient (Wildman–Crippen LogP) is 3.71. The summed E-state index contributed by atoms with van der Waals surface area (Å²) in [7, 11) is 0. The van der Waals surface area contributed by atoms with E-state index in [-0.39, 0.29) is 11.3 Å². The summed E-state index contributed by atoms with van der Waals surface area (Å²) in [6, 6.07) is 3.14. The van der Waals surface area contributed by atoms with Crippen LogP contribution in [0.25, 0.3) is 0 Å². The number of carbonyl (C=O) groups is 1. The van der Waals surface area contributed by atoms with Crippen molar-refractivity contribution in [1.82, 2.24) is 9.97 Å². The normalized spacial score (nSPS) is 11.3. The fourth-order valence-corrected chi connectivity index (χ4v) is 1.86. The summed E-state index contributed by atoms with van der Waals surface area (Å²) in [5.74, 6) is -0.594. The molecule has 0 radical (unpaired) electrons. The van der Waals surface area contributed by atoms with Crippen molar-refractivity contribution in [2.45, 2.75) is 13.1 Å². The number of hydrogen-bond donors (Lipinski definition) is 1. The molecule has 110 valence electrons. The number of hydrogen-bond acceptors (Lipinski definition) is 3. The van der Waals surface area contributed by atoms with Gasteiger partial charge in [0.2, 0.25) is 0 Å². The second-order valence-electron chi connectivity index (χ2n) is 4.17. The Bertz CT molecular complexity index is 689. The fraction of sp³-hybridized carbons (Fsp3) is 0.154. The van der Waals surface area contributed by atoms with Crippen LogP contribution in [0.5, 0.6) is 0 Å². The van der Waals surface area contributed by atoms with Crippen molar-refractivity contribution in [3.8, 4) is 0 Å². The summed E-state index contributed by atoms with van der Waals surface area (Å²) in [5.41, 5.74) is -0.420. The number of amides is 1. The largest absolute Gasteiger partial charge is 0.417 e. The molecule has 1 heterocycles. The average Bonchev–Trinajstić information content (AvgIpc) is 2.40. The summed E-state index contributed by atoms with van der Waals surface area (Å²) in [6.07, 6.45) is -2.03. The second kappa shape index (κ2) is 5.69. The summed E-state index contributed by atoms with van der Waals surface area (Å²) < 4.78 is 38.2. The van der Waals surface area contributed by atoms with E-state index in [0.717, 1.165) is 12.1 Å². The van der Waals surface area contributed by atoms with Crippen LogP contribution in [0.3, 0.4) is 0 Å². The number of alkyl halides is 3. The lowest BCUT2D eigenvalue weighted by Crippen LogP contribution is -2.15. The van der Waals surface area contributed by atoms with Gasteiger partial charge < -0.3 is 5.32 Å². The Morgan fingerprint density at radius 2 is 2.05 bits per heavy atom. The van der Waals surface area contributed by atoms with E-state index in [2.05, 4.69) is 15.3 Å². The molecule has 21 heavy (non-hydrogen) atoms. The maximum atomic E-state index is 12.7. The van der Waals surface area contributed by atoms with Crippen LogP contribution >= 0.6 is 11.6 Å². The quantitative estimate of drug-likeness (QED) is 0.919. The summed E-state index contributed by atoms with van der Waals surface area (Å²) in [4.78, 5) is 19.5. The first kappa shape index (κ1) is 15.2. The minimum Gasteiger partial charge on any atom is -0.322 e. The van der Waals surface area contributed by atoms with Crippen LogP contribution in [0.2, 0.25) is 5.02 Å². The molecule has 1 amide bonds. The van der Waals surface area contributed by atoms with E-state index >= 15 is 0 Å². The molecule has 0 spiro atoms. The lowest BCUT2D eigenvalue weighted by Gasteiger charge is -2.12. The van der Waals surface area contributed by atoms with Gasteiger partial charge in [-0.25, -0.2) is 9.97 Å². The van der Waals surface area contributed by atoms with Crippen molar-refractivity contribution < 1.29 is 18.0 Å². The number of aryl methyl sites for hydroxylation is 1. The second-order valence-corrected chi connectivity index (χ2v) is 4.58. The van der Waals surface area contributed by atoms with Crippen molar-refractivity contribution in [3.63, 3.8) is 0 Å². The highest BCUT2D eigenvalue weighted by Crippen LogP contribution is 2.36. The molecule has 0 saturated carbocycles. The summed E-state index contributed by atoms with van der Waals surface area (Å²) in [6.45, 7) is 1.60. The molecule has 0 aliphatic rings. The molecule has 2 aromatic rings. The van der Waals surface area contributed by atoms with Crippen LogP contribution in [0.1, 0.15) is 21.6 Å². The first-order valence-electron chi connectivity index (χ1n) is 5.73. The van der Waals surface area contributed by atoms with E-state index in [1.54, 1.807) is 6.92 Å². The zero-order valence-corrected chi connectivity index (χ0v) is 11.5. The molecule has 0 saturated heterocycles. The Labute approximate surface area is 123 Å². The molecule has 1 aromatic heterocycles. The molecule has 0 bridgehead atoms. The first-order valence-corrected chi connectivity index (χ1v) is 6.11. The molecule has 8 heteroatoms. The highest BCUT2D eigenvalue weighted by Gasteiger charge is 2.33. The van der Waals surface area contributed by atoms with Crippen LogP contribution in [0, 0.1) is 6.92 Å². The highest BCUT2D eigenvalue weighted by molar-refractivity contribution is 6.31. The van der Waals surface area contributed by atoms with Crippen molar-refractivity contribution in [2.75, 3.05) is 5.32 Å². The molecule has 4 nitrogen and oxygen atoms in total. The van der Waals surface area contributed by atoms with Gasteiger partial charge in [-0.15, -0.1) is 0 Å². The topological polar surface area (TPSA) is 54.9 Å². The lowest BCUT2D eigenvalue weighted by atomic mass is 10.1. The lowest BCUT2D eigenvalue weighted by molar-refractivity contribution is -0.137. The Hall–Kier alpha value is -2.15. The number of carbonyl (C=O) groups excluding carboxylic acids is 1. The third-order valence-electron chi connectivity index (χ3n) is 2.69. The van der Waals surface area contributed by atoms with Gasteiger partial charge in [-0.3, -0.25) is 4.79 Å². The van der Waals surface area contributed by atoms with Gasteiger partial charge >= 0.3 is 6.18 Å². The number of anilines is 1. The average molecular weight is 316 g/mol. The minimum atomic E-state index is -4.59. The van der Waals surface area contributed by atoms with Gasteiger partial charge in [-0.05, 0) is 25.1 Å². The summed E-state index contributed by atoms with van der Waals surface area (Å²) >= 11 is 5.51. The number of rotatable bonds is 2. The van der Waals surface area contributed by atoms with E-state index in [1.807, 2.05) is 0 Å². The minimum absolute atomic E-state index is 0.0139. The Balaban J connectivity index is 2.29. The first-order chi connectivity index (χ1) is 9.79. The molecule has 0 unspecified atom stereocenters. The molecule has 0 aliphatic heterocycles. The zero-order valence-electron chi connectivity index (χ0n) is 10.7. The van der Waals surface area contributed by atoms with Crippen LogP contribution in [0.4, 0.5) is 18.9 Å². The zero-order chi connectivity index (χ0) is 15.6. The molecule has 2 rings (SSSR count). The molecule has 0 aliphatic carbocycles. The van der Waals surface area contributed by atoms with E-state index < -0.39 is 22.7 Å². The third kappa shape index (κ3) is 3.49. The van der Waals surface area contributed by atoms with Crippen LogP contribution in [-0.4, -0.2) is 15.9 Å². The van der Waals surface area contributed by atoms with Crippen molar-refractivity contribution in [2.24, 2.45) is 0 Å². The van der Waals surface area contributed by atoms with Gasteiger partial charge in [-0.1, -0.05) is 11.6 Å². The van der Waals surface area contributed by atoms with E-state index in [4.69, 9.17) is 11.6 Å². The monoisotopic (exact) mass is 315 g/mol. The van der Waals surface area contributed by atoms with Gasteiger partial charge in [0.25, 0.3) is 5.91 Å². The SMILES string of the molecule is Cc1ncncc1C(=O)Nc1ccc(Cl)c(C(F)(F)F)c1. The standard InChI is InChI=1S/C13H9ClF3N3O/c1-7-9(5-18-6-19-7)12(21)20-8-2-3-11(14)10(4-8)13(15,16)17/h2-6H,1H3,(H,20,21). The number of nitrogens with one attached hydrogen (secondary N) is 1. The maximum Gasteiger partial charge on any atom is 0.417 e.